The van der Waals surface area contributed by atoms with Gasteiger partial charge >= 0.3 is 0 Å². The van der Waals surface area contributed by atoms with Crippen LogP contribution in [0.25, 0.3) is 0 Å². The number of benzene rings is 3. The van der Waals surface area contributed by atoms with E-state index in [9.17, 15) is 22.0 Å². The minimum atomic E-state index is -3.96. The Morgan fingerprint density at radius 3 is 2.23 bits per heavy atom. The van der Waals surface area contributed by atoms with Crippen LogP contribution in [0.3, 0.4) is 0 Å². The third kappa shape index (κ3) is 5.28. The summed E-state index contributed by atoms with van der Waals surface area (Å²) in [5.41, 5.74) is 1.05. The largest absolute Gasteiger partial charge is 0.497 e. The van der Waals surface area contributed by atoms with Gasteiger partial charge in [-0.05, 0) is 67.1 Å². The Kier molecular flexibility index (Phi) is 7.04. The average Bonchev–Trinajstić information content (AvgIpc) is 2.86. The molecule has 0 unspecified atom stereocenters. The summed E-state index contributed by atoms with van der Waals surface area (Å²) in [4.78, 5) is 14.5. The Hall–Kier alpha value is -3.50. The summed E-state index contributed by atoms with van der Waals surface area (Å²) in [7, 11) is -2.37. The number of hydrogen-bond donors (Lipinski definition) is 1. The van der Waals surface area contributed by atoms with Crippen LogP contribution in [0.1, 0.15) is 15.9 Å². The van der Waals surface area contributed by atoms with Crippen molar-refractivity contribution in [1.29, 1.82) is 0 Å². The standard InChI is InChI=1S/C25H25F2N3O4S/c1-17-3-4-18(15-24(17)27)28-25(31)22-16-21(9-10-23(22)26)35(32,33)30-13-11-29(12-14-30)19-5-7-20(34-2)8-6-19/h3-10,15-16H,11-14H2,1-2H3,(H,28,31). The first kappa shape index (κ1) is 24.6. The van der Waals surface area contributed by atoms with E-state index in [0.717, 1.165) is 35.7 Å². The Bertz CT molecular complexity index is 1340. The minimum absolute atomic E-state index is 0.139. The van der Waals surface area contributed by atoms with E-state index >= 15 is 0 Å². The first-order chi connectivity index (χ1) is 16.7. The number of anilines is 2. The molecule has 0 radical (unpaired) electrons. The molecule has 0 bridgehead atoms. The molecule has 1 amide bonds. The molecule has 0 saturated carbocycles. The van der Waals surface area contributed by atoms with Gasteiger partial charge in [0.1, 0.15) is 17.4 Å². The molecule has 3 aromatic carbocycles. The highest BCUT2D eigenvalue weighted by molar-refractivity contribution is 7.89. The number of sulfonamides is 1. The number of nitrogens with one attached hydrogen (secondary N) is 1. The molecule has 35 heavy (non-hydrogen) atoms. The highest BCUT2D eigenvalue weighted by Gasteiger charge is 2.30. The number of amides is 1. The average molecular weight is 502 g/mol. The Morgan fingerprint density at radius 1 is 0.914 bits per heavy atom. The molecule has 1 N–H and O–H groups in total. The smallest absolute Gasteiger partial charge is 0.258 e. The van der Waals surface area contributed by atoms with E-state index in [-0.39, 0.29) is 23.7 Å². The van der Waals surface area contributed by atoms with Gasteiger partial charge in [-0.1, -0.05) is 6.07 Å². The molecule has 1 saturated heterocycles. The van der Waals surface area contributed by atoms with Crippen molar-refractivity contribution < 1.29 is 26.7 Å². The highest BCUT2D eigenvalue weighted by Crippen LogP contribution is 2.25. The molecule has 0 aromatic heterocycles. The molecule has 7 nitrogen and oxygen atoms in total. The van der Waals surface area contributed by atoms with Gasteiger partial charge in [-0.25, -0.2) is 17.2 Å². The number of rotatable bonds is 6. The van der Waals surface area contributed by atoms with Crippen LogP contribution in [0.4, 0.5) is 20.2 Å². The maximum Gasteiger partial charge on any atom is 0.258 e. The molecule has 1 heterocycles. The molecule has 1 fully saturated rings. The van der Waals surface area contributed by atoms with E-state index in [4.69, 9.17) is 4.74 Å². The van der Waals surface area contributed by atoms with Crippen LogP contribution < -0.4 is 15.0 Å². The van der Waals surface area contributed by atoms with Crippen LogP contribution >= 0.6 is 0 Å². The van der Waals surface area contributed by atoms with E-state index < -0.39 is 33.1 Å². The lowest BCUT2D eigenvalue weighted by Gasteiger charge is -2.35. The molecular formula is C25H25F2N3O4S. The van der Waals surface area contributed by atoms with Gasteiger partial charge in [-0.2, -0.15) is 4.31 Å². The number of carbonyl (C=O) groups is 1. The fraction of sp³-hybridized carbons (Fsp3) is 0.240. The van der Waals surface area contributed by atoms with Gasteiger partial charge in [-0.3, -0.25) is 4.79 Å². The quantitative estimate of drug-likeness (QED) is 0.552. The minimum Gasteiger partial charge on any atom is -0.497 e. The Labute approximate surface area is 203 Å². The van der Waals surface area contributed by atoms with Crippen LogP contribution in [-0.2, 0) is 10.0 Å². The van der Waals surface area contributed by atoms with Crippen molar-refractivity contribution in [2.75, 3.05) is 43.5 Å². The molecule has 184 valence electrons. The SMILES string of the molecule is COc1ccc(N2CCN(S(=O)(=O)c3ccc(F)c(C(=O)Nc4ccc(C)c(F)c4)c3)CC2)cc1. The number of carbonyl (C=O) groups excluding carboxylic acids is 1. The highest BCUT2D eigenvalue weighted by atomic mass is 32.2. The normalized spacial score (nSPS) is 14.6. The fourth-order valence-electron chi connectivity index (χ4n) is 3.84. The van der Waals surface area contributed by atoms with E-state index in [1.165, 1.54) is 16.4 Å². The second kappa shape index (κ2) is 10.0. The zero-order chi connectivity index (χ0) is 25.2. The monoisotopic (exact) mass is 501 g/mol. The van der Waals surface area contributed by atoms with Crippen LogP contribution in [0.2, 0.25) is 0 Å². The van der Waals surface area contributed by atoms with E-state index in [1.807, 2.05) is 24.3 Å². The Balaban J connectivity index is 1.48. The second-order valence-electron chi connectivity index (χ2n) is 8.15. The van der Waals surface area contributed by atoms with Crippen LogP contribution in [0.15, 0.2) is 65.6 Å². The molecular weight excluding hydrogens is 476 g/mol. The summed E-state index contributed by atoms with van der Waals surface area (Å²) < 4.78 is 61.2. The van der Waals surface area contributed by atoms with Gasteiger partial charge in [0, 0.05) is 37.6 Å². The molecule has 0 spiro atoms. The molecule has 3 aromatic rings. The van der Waals surface area contributed by atoms with E-state index in [1.54, 1.807) is 14.0 Å². The number of piperazine rings is 1. The third-order valence-corrected chi connectivity index (χ3v) is 7.82. The first-order valence-corrected chi connectivity index (χ1v) is 12.4. The third-order valence-electron chi connectivity index (χ3n) is 5.93. The summed E-state index contributed by atoms with van der Waals surface area (Å²) in [5.74, 6) is -1.53. The van der Waals surface area contributed by atoms with Gasteiger partial charge in [0.05, 0.1) is 17.6 Å². The second-order valence-corrected chi connectivity index (χ2v) is 10.1. The zero-order valence-corrected chi connectivity index (χ0v) is 20.1. The van der Waals surface area contributed by atoms with Crippen LogP contribution in [0.5, 0.6) is 5.75 Å². The topological polar surface area (TPSA) is 79.0 Å². The number of nitrogens with zero attached hydrogens (tertiary/aromatic N) is 2. The van der Waals surface area contributed by atoms with Gasteiger partial charge in [0.15, 0.2) is 0 Å². The van der Waals surface area contributed by atoms with E-state index in [0.29, 0.717) is 18.7 Å². The van der Waals surface area contributed by atoms with Gasteiger partial charge in [-0.15, -0.1) is 0 Å². The molecule has 4 rings (SSSR count). The fourth-order valence-corrected chi connectivity index (χ4v) is 5.29. The maximum atomic E-state index is 14.4. The van der Waals surface area contributed by atoms with Crippen molar-refractivity contribution in [2.45, 2.75) is 11.8 Å². The lowest BCUT2D eigenvalue weighted by molar-refractivity contribution is 0.102. The zero-order valence-electron chi connectivity index (χ0n) is 19.3. The Morgan fingerprint density at radius 2 is 1.60 bits per heavy atom. The van der Waals surface area contributed by atoms with Crippen LogP contribution in [-0.4, -0.2) is 51.9 Å². The predicted molar refractivity (Wildman–Crippen MR) is 129 cm³/mol. The number of methoxy groups -OCH3 is 1. The van der Waals surface area contributed by atoms with Gasteiger partial charge < -0.3 is 15.0 Å². The van der Waals surface area contributed by atoms with Gasteiger partial charge in [0.25, 0.3) is 5.91 Å². The molecule has 10 heteroatoms. The molecule has 0 atom stereocenters. The summed E-state index contributed by atoms with van der Waals surface area (Å²) in [6.07, 6.45) is 0. The van der Waals surface area contributed by atoms with Crippen molar-refractivity contribution in [3.8, 4) is 5.75 Å². The van der Waals surface area contributed by atoms with Crippen molar-refractivity contribution >= 4 is 27.3 Å². The number of aryl methyl sites for hydroxylation is 1. The number of hydrogen-bond acceptors (Lipinski definition) is 5. The lowest BCUT2D eigenvalue weighted by Crippen LogP contribution is -2.48. The summed E-state index contributed by atoms with van der Waals surface area (Å²) in [6.45, 7) is 2.98. The van der Waals surface area contributed by atoms with Crippen molar-refractivity contribution in [1.82, 2.24) is 4.31 Å². The molecule has 1 aliphatic rings. The lowest BCUT2D eigenvalue weighted by atomic mass is 10.1. The predicted octanol–water partition coefficient (Wildman–Crippen LogP) is 4.05. The molecule has 0 aliphatic carbocycles. The van der Waals surface area contributed by atoms with Crippen molar-refractivity contribution in [3.05, 3.63) is 83.4 Å². The molecule has 1 aliphatic heterocycles. The van der Waals surface area contributed by atoms with Gasteiger partial charge in [0.2, 0.25) is 10.0 Å². The summed E-state index contributed by atoms with van der Waals surface area (Å²) in [5, 5.41) is 2.41. The van der Waals surface area contributed by atoms with Crippen molar-refractivity contribution in [2.24, 2.45) is 0 Å². The number of halogens is 2. The first-order valence-electron chi connectivity index (χ1n) is 11.0. The number of ether oxygens (including phenoxy) is 1. The van der Waals surface area contributed by atoms with Crippen molar-refractivity contribution in [3.63, 3.8) is 0 Å². The summed E-state index contributed by atoms with van der Waals surface area (Å²) >= 11 is 0. The van der Waals surface area contributed by atoms with E-state index in [2.05, 4.69) is 10.2 Å². The maximum absolute atomic E-state index is 14.4. The summed E-state index contributed by atoms with van der Waals surface area (Å²) in [6, 6.07) is 14.7. The van der Waals surface area contributed by atoms with Crippen LogP contribution in [0, 0.1) is 18.6 Å².